The van der Waals surface area contributed by atoms with Gasteiger partial charge in [-0.3, -0.25) is 9.69 Å². The van der Waals surface area contributed by atoms with Gasteiger partial charge in [0.25, 0.3) is 0 Å². The molecule has 0 aliphatic carbocycles. The van der Waals surface area contributed by atoms with E-state index in [2.05, 4.69) is 25.2 Å². The average Bonchev–Trinajstić information content (AvgIpc) is 3.25. The minimum Gasteiger partial charge on any atom is -0.489 e. The second-order valence-electron chi connectivity index (χ2n) is 10.2. The number of imidazole rings is 1. The molecule has 2 aliphatic heterocycles. The van der Waals surface area contributed by atoms with E-state index in [9.17, 15) is 9.18 Å². The topological polar surface area (TPSA) is 88.4 Å². The van der Waals surface area contributed by atoms with Crippen molar-refractivity contribution in [1.29, 1.82) is 0 Å². The summed E-state index contributed by atoms with van der Waals surface area (Å²) in [6, 6.07) is 8.35. The van der Waals surface area contributed by atoms with Crippen LogP contribution >= 0.6 is 0 Å². The van der Waals surface area contributed by atoms with E-state index < -0.39 is 11.6 Å². The van der Waals surface area contributed by atoms with Crippen molar-refractivity contribution >= 4 is 34.3 Å². The summed E-state index contributed by atoms with van der Waals surface area (Å²) in [7, 11) is 0. The number of aromatic nitrogens is 4. The Morgan fingerprint density at radius 2 is 1.97 bits per heavy atom. The van der Waals surface area contributed by atoms with Gasteiger partial charge in [-0.25, -0.2) is 23.7 Å². The lowest BCUT2D eigenvalue weighted by atomic mass is 10.1. The van der Waals surface area contributed by atoms with Crippen molar-refractivity contribution in [3.63, 3.8) is 0 Å². The minimum atomic E-state index is -0.670. The standard InChI is InChI=1S/C28H29F2N7O2/c1-5-35-12-19-14-39-24-10-18(6-7-22(24)37(19)25(38)13-35)33-28-31-11-21(30)26(34-28)17-8-20(29)27-23(9-17)36(15(2)3)16(4)32-27/h6-11,15,19H,5,12-14H2,1-4H3,(H,31,33,34). The van der Waals surface area contributed by atoms with Crippen LogP contribution in [-0.4, -0.2) is 62.6 Å². The van der Waals surface area contributed by atoms with Gasteiger partial charge in [0, 0.05) is 29.9 Å². The SMILES string of the molecule is CCN1CC(=O)N2c3ccc(Nc4ncc(F)c(-c5cc(F)c6nc(C)n(C(C)C)c6c5)n4)cc3OCC2C1. The van der Waals surface area contributed by atoms with Crippen LogP contribution < -0.4 is 15.0 Å². The van der Waals surface area contributed by atoms with Crippen LogP contribution in [0.2, 0.25) is 0 Å². The molecular formula is C28H29F2N7O2. The largest absolute Gasteiger partial charge is 0.489 e. The van der Waals surface area contributed by atoms with Gasteiger partial charge < -0.3 is 19.5 Å². The number of ether oxygens (including phenoxy) is 1. The molecule has 2 aromatic carbocycles. The molecule has 202 valence electrons. The molecule has 39 heavy (non-hydrogen) atoms. The number of piperazine rings is 1. The van der Waals surface area contributed by atoms with E-state index in [0.29, 0.717) is 35.9 Å². The van der Waals surface area contributed by atoms with E-state index in [4.69, 9.17) is 4.74 Å². The summed E-state index contributed by atoms with van der Waals surface area (Å²) in [6.45, 7) is 10.2. The maximum absolute atomic E-state index is 15.0. The van der Waals surface area contributed by atoms with Crippen LogP contribution in [0.1, 0.15) is 32.6 Å². The van der Waals surface area contributed by atoms with Crippen LogP contribution in [0, 0.1) is 18.6 Å². The van der Waals surface area contributed by atoms with Crippen molar-refractivity contribution in [2.75, 3.05) is 36.5 Å². The first-order valence-corrected chi connectivity index (χ1v) is 13.0. The molecule has 6 rings (SSSR count). The number of halogens is 2. The molecule has 2 aliphatic rings. The first kappa shape index (κ1) is 25.2. The van der Waals surface area contributed by atoms with Gasteiger partial charge in [-0.2, -0.15) is 0 Å². The van der Waals surface area contributed by atoms with Crippen molar-refractivity contribution in [3.05, 3.63) is 54.0 Å². The summed E-state index contributed by atoms with van der Waals surface area (Å²) in [6.07, 6.45) is 1.06. The number of hydrogen-bond donors (Lipinski definition) is 1. The highest BCUT2D eigenvalue weighted by Crippen LogP contribution is 2.38. The number of rotatable bonds is 5. The Morgan fingerprint density at radius 1 is 1.15 bits per heavy atom. The summed E-state index contributed by atoms with van der Waals surface area (Å²) >= 11 is 0. The summed E-state index contributed by atoms with van der Waals surface area (Å²) in [4.78, 5) is 29.6. The van der Waals surface area contributed by atoms with Crippen molar-refractivity contribution < 1.29 is 18.3 Å². The number of carbonyl (C=O) groups is 1. The molecule has 0 saturated carbocycles. The number of anilines is 3. The number of aryl methyl sites for hydroxylation is 1. The lowest BCUT2D eigenvalue weighted by molar-refractivity contribution is -0.122. The van der Waals surface area contributed by atoms with Crippen LogP contribution in [0.3, 0.4) is 0 Å². The van der Waals surface area contributed by atoms with E-state index in [-0.39, 0.29) is 40.7 Å². The molecule has 0 bridgehead atoms. The Kier molecular flexibility index (Phi) is 6.17. The number of carbonyl (C=O) groups excluding carboxylic acids is 1. The highest BCUT2D eigenvalue weighted by Gasteiger charge is 2.37. The van der Waals surface area contributed by atoms with Gasteiger partial charge in [-0.1, -0.05) is 6.92 Å². The van der Waals surface area contributed by atoms with Gasteiger partial charge in [0.05, 0.1) is 30.0 Å². The quantitative estimate of drug-likeness (QED) is 0.393. The zero-order valence-corrected chi connectivity index (χ0v) is 22.2. The lowest BCUT2D eigenvalue weighted by Gasteiger charge is -2.43. The number of benzene rings is 2. The van der Waals surface area contributed by atoms with E-state index in [0.717, 1.165) is 25.0 Å². The summed E-state index contributed by atoms with van der Waals surface area (Å²) in [5, 5.41) is 3.08. The molecule has 1 atom stereocenters. The molecule has 11 heteroatoms. The molecule has 4 heterocycles. The first-order valence-electron chi connectivity index (χ1n) is 13.0. The van der Waals surface area contributed by atoms with Gasteiger partial charge >= 0.3 is 0 Å². The zero-order valence-electron chi connectivity index (χ0n) is 22.2. The van der Waals surface area contributed by atoms with Crippen LogP contribution in [0.25, 0.3) is 22.3 Å². The number of fused-ring (bicyclic) bond motifs is 4. The molecule has 9 nitrogen and oxygen atoms in total. The summed E-state index contributed by atoms with van der Waals surface area (Å²) in [5.74, 6) is 0.219. The summed E-state index contributed by atoms with van der Waals surface area (Å²) < 4.78 is 37.8. The fraction of sp³-hybridized carbons (Fsp3) is 0.357. The van der Waals surface area contributed by atoms with E-state index in [1.165, 1.54) is 6.07 Å². The third-order valence-corrected chi connectivity index (χ3v) is 7.27. The number of hydrogen-bond acceptors (Lipinski definition) is 7. The third kappa shape index (κ3) is 4.36. The van der Waals surface area contributed by atoms with Crippen molar-refractivity contribution in [1.82, 2.24) is 24.4 Å². The monoisotopic (exact) mass is 533 g/mol. The smallest absolute Gasteiger partial charge is 0.241 e. The van der Waals surface area contributed by atoms with Crippen LogP contribution in [0.5, 0.6) is 5.75 Å². The molecule has 0 radical (unpaired) electrons. The normalized spacial score (nSPS) is 17.4. The van der Waals surface area contributed by atoms with Gasteiger partial charge in [-0.05, 0) is 51.6 Å². The van der Waals surface area contributed by atoms with Crippen LogP contribution in [0.4, 0.5) is 26.1 Å². The molecule has 1 amide bonds. The number of amides is 1. The molecule has 4 aromatic rings. The molecule has 0 spiro atoms. The van der Waals surface area contributed by atoms with Gasteiger partial charge in [0.15, 0.2) is 11.6 Å². The Labute approximate surface area is 224 Å². The molecule has 1 N–H and O–H groups in total. The molecule has 1 saturated heterocycles. The van der Waals surface area contributed by atoms with Crippen molar-refractivity contribution in [2.24, 2.45) is 0 Å². The fourth-order valence-corrected chi connectivity index (χ4v) is 5.52. The van der Waals surface area contributed by atoms with Gasteiger partial charge in [0.1, 0.15) is 29.4 Å². The number of nitrogens with one attached hydrogen (secondary N) is 1. The zero-order chi connectivity index (χ0) is 27.4. The first-order chi connectivity index (χ1) is 18.7. The van der Waals surface area contributed by atoms with E-state index in [1.807, 2.05) is 43.2 Å². The minimum absolute atomic E-state index is 0.0288. The second-order valence-corrected chi connectivity index (χ2v) is 10.2. The molecular weight excluding hydrogens is 504 g/mol. The summed E-state index contributed by atoms with van der Waals surface area (Å²) in [5.41, 5.74) is 2.40. The molecule has 1 unspecified atom stereocenters. The predicted octanol–water partition coefficient (Wildman–Crippen LogP) is 4.83. The average molecular weight is 534 g/mol. The van der Waals surface area contributed by atoms with Crippen LogP contribution in [0.15, 0.2) is 36.5 Å². The highest BCUT2D eigenvalue weighted by atomic mass is 19.1. The fourth-order valence-electron chi connectivity index (χ4n) is 5.52. The number of likely N-dealkylation sites (N-methyl/N-ethyl adjacent to an activating group) is 1. The number of nitrogens with zero attached hydrogens (tertiary/aromatic N) is 6. The van der Waals surface area contributed by atoms with E-state index >= 15 is 4.39 Å². The Morgan fingerprint density at radius 3 is 2.74 bits per heavy atom. The third-order valence-electron chi connectivity index (χ3n) is 7.27. The van der Waals surface area contributed by atoms with Gasteiger partial charge in [0.2, 0.25) is 11.9 Å². The molecule has 1 fully saturated rings. The predicted molar refractivity (Wildman–Crippen MR) is 144 cm³/mol. The Bertz CT molecular complexity index is 1600. The highest BCUT2D eigenvalue weighted by molar-refractivity contribution is 5.98. The lowest BCUT2D eigenvalue weighted by Crippen LogP contribution is -2.60. The van der Waals surface area contributed by atoms with Crippen molar-refractivity contribution in [2.45, 2.75) is 39.8 Å². The maximum atomic E-state index is 15.0. The molecule has 2 aromatic heterocycles. The Hall–Kier alpha value is -4.12. The second kappa shape index (κ2) is 9.57. The Balaban J connectivity index is 1.31. The van der Waals surface area contributed by atoms with Crippen molar-refractivity contribution in [3.8, 4) is 17.0 Å². The maximum Gasteiger partial charge on any atom is 0.241 e. The van der Waals surface area contributed by atoms with Gasteiger partial charge in [-0.15, -0.1) is 0 Å². The van der Waals surface area contributed by atoms with E-state index in [1.54, 1.807) is 18.2 Å². The van der Waals surface area contributed by atoms with Crippen LogP contribution in [-0.2, 0) is 4.79 Å².